The van der Waals surface area contributed by atoms with E-state index in [2.05, 4.69) is 10.6 Å². The first kappa shape index (κ1) is 25.8. The summed E-state index contributed by atoms with van der Waals surface area (Å²) < 4.78 is 56.8. The summed E-state index contributed by atoms with van der Waals surface area (Å²) in [5.41, 5.74) is -0.243. The Hall–Kier alpha value is -2.86. The molecule has 0 unspecified atom stereocenters. The van der Waals surface area contributed by atoms with Crippen molar-refractivity contribution in [1.82, 2.24) is 4.90 Å². The van der Waals surface area contributed by atoms with Crippen LogP contribution >= 0.6 is 22.6 Å². The van der Waals surface area contributed by atoms with Crippen molar-refractivity contribution in [3.05, 3.63) is 87.0 Å². The van der Waals surface area contributed by atoms with Crippen LogP contribution in [0.25, 0.3) is 0 Å². The van der Waals surface area contributed by atoms with Gasteiger partial charge in [0.15, 0.2) is 11.6 Å². The molecule has 0 aromatic heterocycles. The molecule has 0 aliphatic carbocycles. The molecule has 3 rings (SSSR count). The molecule has 10 heteroatoms. The van der Waals surface area contributed by atoms with Crippen molar-refractivity contribution in [3.63, 3.8) is 0 Å². The molecule has 0 aliphatic rings. The third-order valence-electron chi connectivity index (χ3n) is 4.93. The van der Waals surface area contributed by atoms with Gasteiger partial charge in [0.2, 0.25) is 0 Å². The number of halogens is 5. The van der Waals surface area contributed by atoms with Gasteiger partial charge in [-0.05, 0) is 77.5 Å². The van der Waals surface area contributed by atoms with E-state index >= 15 is 0 Å². The summed E-state index contributed by atoms with van der Waals surface area (Å²) in [4.78, 5) is 14.5. The summed E-state index contributed by atoms with van der Waals surface area (Å²) in [6, 6.07) is 12.0. The Labute approximate surface area is 207 Å². The minimum atomic E-state index is -1.32. The van der Waals surface area contributed by atoms with E-state index in [4.69, 9.17) is 0 Å². The Kier molecular flexibility index (Phi) is 9.11. The Morgan fingerprint density at radius 1 is 0.971 bits per heavy atom. The summed E-state index contributed by atoms with van der Waals surface area (Å²) in [6.07, 6.45) is 0.431. The van der Waals surface area contributed by atoms with Gasteiger partial charge in [0.1, 0.15) is 11.6 Å². The van der Waals surface area contributed by atoms with Crippen molar-refractivity contribution in [3.8, 4) is 0 Å². The number of hydrogen-bond donors (Lipinski definition) is 3. The van der Waals surface area contributed by atoms with E-state index in [1.165, 1.54) is 29.2 Å². The smallest absolute Gasteiger partial charge is 0.256 e. The van der Waals surface area contributed by atoms with Crippen LogP contribution in [0.2, 0.25) is 0 Å². The molecule has 0 saturated heterocycles. The maximum atomic E-state index is 14.7. The molecule has 0 spiro atoms. The van der Waals surface area contributed by atoms with Crippen LogP contribution in [0.3, 0.4) is 0 Å². The minimum Gasteiger partial charge on any atom is -0.395 e. The molecular weight excluding hydrogens is 565 g/mol. The second-order valence-corrected chi connectivity index (χ2v) is 8.59. The number of anilines is 3. The molecule has 34 heavy (non-hydrogen) atoms. The van der Waals surface area contributed by atoms with Gasteiger partial charge in [0.25, 0.3) is 5.91 Å². The van der Waals surface area contributed by atoms with E-state index in [0.29, 0.717) is 22.2 Å². The number of carbonyl (C=O) groups excluding carboxylic acids is 1. The largest absolute Gasteiger partial charge is 0.395 e. The second-order valence-electron chi connectivity index (χ2n) is 7.34. The molecular formula is C24H22F4IN3O2. The molecule has 0 saturated carbocycles. The molecule has 0 atom stereocenters. The maximum Gasteiger partial charge on any atom is 0.256 e. The van der Waals surface area contributed by atoms with Crippen LogP contribution in [0.4, 0.5) is 34.6 Å². The molecule has 180 valence electrons. The predicted octanol–water partition coefficient (Wildman–Crippen LogP) is 5.53. The lowest BCUT2D eigenvalue weighted by Crippen LogP contribution is -2.35. The van der Waals surface area contributed by atoms with Gasteiger partial charge < -0.3 is 20.6 Å². The maximum absolute atomic E-state index is 14.7. The third kappa shape index (κ3) is 6.60. The fraction of sp³-hybridized carbons (Fsp3) is 0.208. The van der Waals surface area contributed by atoms with Gasteiger partial charge >= 0.3 is 0 Å². The van der Waals surface area contributed by atoms with Gasteiger partial charge in [-0.2, -0.15) is 0 Å². The highest BCUT2D eigenvalue weighted by Crippen LogP contribution is 2.29. The zero-order chi connectivity index (χ0) is 24.7. The molecule has 0 bridgehead atoms. The van der Waals surface area contributed by atoms with Gasteiger partial charge in [-0.15, -0.1) is 0 Å². The van der Waals surface area contributed by atoms with E-state index in [1.807, 2.05) is 22.6 Å². The van der Waals surface area contributed by atoms with Crippen LogP contribution in [0.15, 0.2) is 54.6 Å². The van der Waals surface area contributed by atoms with Gasteiger partial charge in [-0.3, -0.25) is 4.79 Å². The predicted molar refractivity (Wildman–Crippen MR) is 131 cm³/mol. The third-order valence-corrected chi connectivity index (χ3v) is 5.60. The van der Waals surface area contributed by atoms with E-state index in [9.17, 15) is 27.5 Å². The van der Waals surface area contributed by atoms with E-state index < -0.39 is 29.0 Å². The number of aliphatic hydroxyl groups is 1. The van der Waals surface area contributed by atoms with Crippen molar-refractivity contribution in [2.75, 3.05) is 36.9 Å². The van der Waals surface area contributed by atoms with Gasteiger partial charge in [0, 0.05) is 28.9 Å². The second kappa shape index (κ2) is 12.0. The molecule has 0 fully saturated rings. The first-order valence-electron chi connectivity index (χ1n) is 10.4. The molecule has 0 aliphatic heterocycles. The number of benzene rings is 3. The number of rotatable bonds is 10. The highest BCUT2D eigenvalue weighted by atomic mass is 127. The topological polar surface area (TPSA) is 64.6 Å². The SMILES string of the molecule is O=C(c1ccc(F)c(F)c1Nc1ccc(I)cc1F)N(CCO)CCCNc1cccc(F)c1. The summed E-state index contributed by atoms with van der Waals surface area (Å²) in [5, 5.41) is 14.9. The summed E-state index contributed by atoms with van der Waals surface area (Å²) >= 11 is 1.91. The number of aliphatic hydroxyl groups excluding tert-OH is 1. The number of hydrogen-bond acceptors (Lipinski definition) is 4. The summed E-state index contributed by atoms with van der Waals surface area (Å²) in [7, 11) is 0. The molecule has 0 heterocycles. The molecule has 3 aromatic rings. The van der Waals surface area contributed by atoms with Crippen molar-refractivity contribution in [1.29, 1.82) is 0 Å². The van der Waals surface area contributed by atoms with Crippen LogP contribution < -0.4 is 10.6 Å². The van der Waals surface area contributed by atoms with Crippen LogP contribution in [-0.4, -0.2) is 42.2 Å². The highest BCUT2D eigenvalue weighted by Gasteiger charge is 2.24. The quantitative estimate of drug-likeness (QED) is 0.166. The molecule has 0 radical (unpaired) electrons. The average Bonchev–Trinajstić information content (AvgIpc) is 2.80. The normalized spacial score (nSPS) is 10.8. The van der Waals surface area contributed by atoms with Gasteiger partial charge in [-0.1, -0.05) is 6.07 Å². The lowest BCUT2D eigenvalue weighted by Gasteiger charge is -2.24. The average molecular weight is 587 g/mol. The van der Waals surface area contributed by atoms with Crippen molar-refractivity contribution < 1.29 is 27.5 Å². The van der Waals surface area contributed by atoms with Crippen molar-refractivity contribution in [2.45, 2.75) is 6.42 Å². The van der Waals surface area contributed by atoms with Crippen LogP contribution in [0, 0.1) is 26.8 Å². The van der Waals surface area contributed by atoms with E-state index in [-0.39, 0.29) is 36.8 Å². The van der Waals surface area contributed by atoms with Crippen molar-refractivity contribution in [2.24, 2.45) is 0 Å². The summed E-state index contributed by atoms with van der Waals surface area (Å²) in [6.45, 7) is 0.184. The number of amides is 1. The number of carbonyl (C=O) groups is 1. The Morgan fingerprint density at radius 2 is 1.76 bits per heavy atom. The Morgan fingerprint density at radius 3 is 2.47 bits per heavy atom. The summed E-state index contributed by atoms with van der Waals surface area (Å²) in [5.74, 6) is -4.25. The molecule has 1 amide bonds. The lowest BCUT2D eigenvalue weighted by molar-refractivity contribution is 0.0722. The fourth-order valence-corrected chi connectivity index (χ4v) is 3.74. The number of nitrogens with one attached hydrogen (secondary N) is 2. The van der Waals surface area contributed by atoms with Crippen LogP contribution in [0.1, 0.15) is 16.8 Å². The van der Waals surface area contributed by atoms with Crippen LogP contribution in [0.5, 0.6) is 0 Å². The first-order valence-corrected chi connectivity index (χ1v) is 11.5. The Balaban J connectivity index is 1.77. The minimum absolute atomic E-state index is 0.0465. The number of nitrogens with zero attached hydrogens (tertiary/aromatic N) is 1. The highest BCUT2D eigenvalue weighted by molar-refractivity contribution is 14.1. The van der Waals surface area contributed by atoms with E-state index in [0.717, 1.165) is 12.1 Å². The monoisotopic (exact) mass is 587 g/mol. The zero-order valence-corrected chi connectivity index (χ0v) is 20.1. The zero-order valence-electron chi connectivity index (χ0n) is 17.9. The standard InChI is InChI=1S/C24H22F4IN3O2/c25-15-3-1-4-17(13-15)30-9-2-10-32(11-12-33)24(34)18-6-7-19(26)22(28)23(18)31-21-8-5-16(29)14-20(21)27/h1,3-8,13-14,30-31,33H,2,9-12H2. The first-order chi connectivity index (χ1) is 16.3. The Bertz CT molecular complexity index is 1160. The van der Waals surface area contributed by atoms with E-state index in [1.54, 1.807) is 18.2 Å². The van der Waals surface area contributed by atoms with Crippen LogP contribution in [-0.2, 0) is 0 Å². The molecule has 5 nitrogen and oxygen atoms in total. The molecule has 3 aromatic carbocycles. The van der Waals surface area contributed by atoms with Crippen molar-refractivity contribution >= 4 is 45.6 Å². The molecule has 3 N–H and O–H groups in total. The lowest BCUT2D eigenvalue weighted by atomic mass is 10.1. The van der Waals surface area contributed by atoms with Gasteiger partial charge in [0.05, 0.1) is 23.5 Å². The fourth-order valence-electron chi connectivity index (χ4n) is 3.28. The van der Waals surface area contributed by atoms with Gasteiger partial charge in [-0.25, -0.2) is 17.6 Å².